The molecule has 0 amide bonds. The largest absolute Gasteiger partial charge is 0.466 e. The molecule has 5 heteroatoms. The number of ether oxygens (including phenoxy) is 1. The van der Waals surface area contributed by atoms with Crippen molar-refractivity contribution in [2.24, 2.45) is 0 Å². The molecule has 0 unspecified atom stereocenters. The second kappa shape index (κ2) is 8.90. The Balaban J connectivity index is 0.00000220. The Bertz CT molecular complexity index is 428. The molecule has 1 aromatic carbocycles. The van der Waals surface area contributed by atoms with Crippen LogP contribution in [-0.4, -0.2) is 50.2 Å². The number of carbonyl (C=O) groups excluding carboxylic acids is 1. The second-order valence-electron chi connectivity index (χ2n) is 5.22. The van der Waals surface area contributed by atoms with Crippen LogP contribution in [0.2, 0.25) is 0 Å². The standard InChI is InChI=1S/C16H24N2O2.ClH/c1-3-20-16(19)8-9-17-10-12-18(13-11-17)15-6-4-14(2)5-7-15;/h4-7H,3,8-13H2,1-2H3;1H. The summed E-state index contributed by atoms with van der Waals surface area (Å²) >= 11 is 0. The summed E-state index contributed by atoms with van der Waals surface area (Å²) in [4.78, 5) is 16.1. The summed E-state index contributed by atoms with van der Waals surface area (Å²) in [6.07, 6.45) is 0.498. The molecule has 1 aromatic rings. The lowest BCUT2D eigenvalue weighted by Crippen LogP contribution is -2.47. The molecular weight excluding hydrogens is 288 g/mol. The van der Waals surface area contributed by atoms with Crippen LogP contribution < -0.4 is 4.90 Å². The molecule has 4 nitrogen and oxygen atoms in total. The Labute approximate surface area is 133 Å². The van der Waals surface area contributed by atoms with Gasteiger partial charge in [-0.2, -0.15) is 0 Å². The fraction of sp³-hybridized carbons (Fsp3) is 0.562. The Morgan fingerprint density at radius 1 is 1.14 bits per heavy atom. The monoisotopic (exact) mass is 312 g/mol. The number of hydrogen-bond acceptors (Lipinski definition) is 4. The lowest BCUT2D eigenvalue weighted by Gasteiger charge is -2.36. The number of nitrogens with zero attached hydrogens (tertiary/aromatic N) is 2. The van der Waals surface area contributed by atoms with Gasteiger partial charge in [-0.3, -0.25) is 9.69 Å². The zero-order valence-electron chi connectivity index (χ0n) is 12.9. The van der Waals surface area contributed by atoms with Gasteiger partial charge in [-0.05, 0) is 26.0 Å². The van der Waals surface area contributed by atoms with Gasteiger partial charge in [0.15, 0.2) is 0 Å². The van der Waals surface area contributed by atoms with Crippen molar-refractivity contribution in [3.8, 4) is 0 Å². The molecule has 1 aliphatic heterocycles. The van der Waals surface area contributed by atoms with Gasteiger partial charge in [0.2, 0.25) is 0 Å². The highest BCUT2D eigenvalue weighted by molar-refractivity contribution is 5.85. The molecule has 118 valence electrons. The van der Waals surface area contributed by atoms with Gasteiger partial charge in [-0.25, -0.2) is 0 Å². The smallest absolute Gasteiger partial charge is 0.307 e. The minimum atomic E-state index is -0.0894. The van der Waals surface area contributed by atoms with E-state index >= 15 is 0 Å². The molecule has 1 fully saturated rings. The Morgan fingerprint density at radius 2 is 1.76 bits per heavy atom. The van der Waals surface area contributed by atoms with E-state index in [0.717, 1.165) is 32.7 Å². The Morgan fingerprint density at radius 3 is 2.33 bits per heavy atom. The number of rotatable bonds is 5. The number of hydrogen-bond donors (Lipinski definition) is 0. The third-order valence-electron chi connectivity index (χ3n) is 3.71. The number of aryl methyl sites for hydroxylation is 1. The van der Waals surface area contributed by atoms with Gasteiger partial charge in [-0.15, -0.1) is 12.4 Å². The van der Waals surface area contributed by atoms with E-state index in [4.69, 9.17) is 4.74 Å². The van der Waals surface area contributed by atoms with Gasteiger partial charge in [0.1, 0.15) is 0 Å². The lowest BCUT2D eigenvalue weighted by atomic mass is 10.2. The van der Waals surface area contributed by atoms with E-state index in [-0.39, 0.29) is 18.4 Å². The molecule has 0 aliphatic carbocycles. The van der Waals surface area contributed by atoms with Gasteiger partial charge < -0.3 is 9.64 Å². The number of halogens is 1. The molecule has 0 spiro atoms. The highest BCUT2D eigenvalue weighted by atomic mass is 35.5. The summed E-state index contributed by atoms with van der Waals surface area (Å²) in [7, 11) is 0. The first-order chi connectivity index (χ1) is 9.69. The predicted octanol–water partition coefficient (Wildman–Crippen LogP) is 2.49. The van der Waals surface area contributed by atoms with E-state index in [1.165, 1.54) is 11.3 Å². The van der Waals surface area contributed by atoms with E-state index in [0.29, 0.717) is 13.0 Å². The van der Waals surface area contributed by atoms with Crippen molar-refractivity contribution in [3.63, 3.8) is 0 Å². The van der Waals surface area contributed by atoms with Crippen LogP contribution in [0, 0.1) is 6.92 Å². The van der Waals surface area contributed by atoms with Crippen molar-refractivity contribution < 1.29 is 9.53 Å². The van der Waals surface area contributed by atoms with Crippen LogP contribution >= 0.6 is 12.4 Å². The minimum absolute atomic E-state index is 0. The maximum atomic E-state index is 11.3. The maximum absolute atomic E-state index is 11.3. The molecule has 21 heavy (non-hydrogen) atoms. The normalized spacial score (nSPS) is 15.4. The number of piperazine rings is 1. The van der Waals surface area contributed by atoms with Crippen LogP contribution in [-0.2, 0) is 9.53 Å². The fourth-order valence-electron chi connectivity index (χ4n) is 2.47. The van der Waals surface area contributed by atoms with Crippen LogP contribution in [0.1, 0.15) is 18.9 Å². The molecule has 1 aliphatic rings. The molecular formula is C16H25ClN2O2. The molecule has 0 atom stereocenters. The highest BCUT2D eigenvalue weighted by Crippen LogP contribution is 2.17. The van der Waals surface area contributed by atoms with Gasteiger partial charge >= 0.3 is 5.97 Å². The van der Waals surface area contributed by atoms with Crippen molar-refractivity contribution in [2.45, 2.75) is 20.3 Å². The van der Waals surface area contributed by atoms with Crippen LogP contribution in [0.3, 0.4) is 0 Å². The van der Waals surface area contributed by atoms with Crippen molar-refractivity contribution in [1.82, 2.24) is 4.90 Å². The Hall–Kier alpha value is -1.26. The fourth-order valence-corrected chi connectivity index (χ4v) is 2.47. The van der Waals surface area contributed by atoms with E-state index in [2.05, 4.69) is 41.0 Å². The average molecular weight is 313 g/mol. The summed E-state index contributed by atoms with van der Waals surface area (Å²) < 4.78 is 4.96. The number of carbonyl (C=O) groups is 1. The molecule has 0 bridgehead atoms. The summed E-state index contributed by atoms with van der Waals surface area (Å²) in [5, 5.41) is 0. The van der Waals surface area contributed by atoms with E-state index < -0.39 is 0 Å². The molecule has 0 N–H and O–H groups in total. The van der Waals surface area contributed by atoms with Crippen molar-refractivity contribution >= 4 is 24.1 Å². The summed E-state index contributed by atoms with van der Waals surface area (Å²) in [6.45, 7) is 9.29. The molecule has 1 heterocycles. The quantitative estimate of drug-likeness (QED) is 0.782. The topological polar surface area (TPSA) is 32.8 Å². The summed E-state index contributed by atoms with van der Waals surface area (Å²) in [5.41, 5.74) is 2.59. The predicted molar refractivity (Wildman–Crippen MR) is 88.3 cm³/mol. The number of benzene rings is 1. The summed E-state index contributed by atoms with van der Waals surface area (Å²) in [5.74, 6) is -0.0894. The maximum Gasteiger partial charge on any atom is 0.307 e. The lowest BCUT2D eigenvalue weighted by molar-refractivity contribution is -0.143. The van der Waals surface area contributed by atoms with Gasteiger partial charge in [-0.1, -0.05) is 17.7 Å². The third-order valence-corrected chi connectivity index (χ3v) is 3.71. The number of anilines is 1. The van der Waals surface area contributed by atoms with Crippen LogP contribution in [0.4, 0.5) is 5.69 Å². The molecule has 2 rings (SSSR count). The SMILES string of the molecule is CCOC(=O)CCN1CCN(c2ccc(C)cc2)CC1.Cl. The zero-order valence-corrected chi connectivity index (χ0v) is 13.7. The Kier molecular flexibility index (Phi) is 7.54. The van der Waals surface area contributed by atoms with Crippen LogP contribution in [0.15, 0.2) is 24.3 Å². The van der Waals surface area contributed by atoms with E-state index in [1.807, 2.05) is 6.92 Å². The molecule has 0 aromatic heterocycles. The van der Waals surface area contributed by atoms with Crippen molar-refractivity contribution in [1.29, 1.82) is 0 Å². The average Bonchev–Trinajstić information content (AvgIpc) is 2.47. The van der Waals surface area contributed by atoms with Crippen molar-refractivity contribution in [3.05, 3.63) is 29.8 Å². The van der Waals surface area contributed by atoms with E-state index in [9.17, 15) is 4.79 Å². The van der Waals surface area contributed by atoms with Crippen LogP contribution in [0.5, 0.6) is 0 Å². The van der Waals surface area contributed by atoms with Gasteiger partial charge in [0.05, 0.1) is 13.0 Å². The third kappa shape index (κ3) is 5.56. The molecule has 1 saturated heterocycles. The van der Waals surface area contributed by atoms with E-state index in [1.54, 1.807) is 0 Å². The molecule has 0 saturated carbocycles. The first kappa shape index (κ1) is 17.8. The first-order valence-corrected chi connectivity index (χ1v) is 7.38. The molecule has 0 radical (unpaired) electrons. The van der Waals surface area contributed by atoms with Gasteiger partial charge in [0, 0.05) is 38.4 Å². The number of esters is 1. The first-order valence-electron chi connectivity index (χ1n) is 7.38. The van der Waals surface area contributed by atoms with Gasteiger partial charge in [0.25, 0.3) is 0 Å². The van der Waals surface area contributed by atoms with Crippen LogP contribution in [0.25, 0.3) is 0 Å². The van der Waals surface area contributed by atoms with Crippen molar-refractivity contribution in [2.75, 3.05) is 44.2 Å². The zero-order chi connectivity index (χ0) is 14.4. The minimum Gasteiger partial charge on any atom is -0.466 e. The second-order valence-corrected chi connectivity index (χ2v) is 5.22. The highest BCUT2D eigenvalue weighted by Gasteiger charge is 2.17. The summed E-state index contributed by atoms with van der Waals surface area (Å²) in [6, 6.07) is 8.68.